The summed E-state index contributed by atoms with van der Waals surface area (Å²) in [6.45, 7) is 14.5. The normalized spacial score (nSPS) is 13.0. The minimum atomic E-state index is -1.75. The van der Waals surface area contributed by atoms with Crippen molar-refractivity contribution in [3.63, 3.8) is 0 Å². The summed E-state index contributed by atoms with van der Waals surface area (Å²) in [7, 11) is -1.75. The van der Waals surface area contributed by atoms with Crippen LogP contribution in [0.15, 0.2) is 9.98 Å². The third-order valence-electron chi connectivity index (χ3n) is 3.68. The van der Waals surface area contributed by atoms with E-state index in [0.29, 0.717) is 23.2 Å². The van der Waals surface area contributed by atoms with Gasteiger partial charge >= 0.3 is 0 Å². The Morgan fingerprint density at radius 2 is 1.67 bits per heavy atom. The molecule has 0 aliphatic carbocycles. The topological polar surface area (TPSA) is 22.1 Å². The highest BCUT2D eigenvalue weighted by Crippen LogP contribution is 2.42. The molecule has 18 heavy (non-hydrogen) atoms. The van der Waals surface area contributed by atoms with Crippen molar-refractivity contribution >= 4 is 35.6 Å². The zero-order chi connectivity index (χ0) is 13.9. The Morgan fingerprint density at radius 1 is 1.17 bits per heavy atom. The lowest BCUT2D eigenvalue weighted by molar-refractivity contribution is 0.265. The van der Waals surface area contributed by atoms with Crippen LogP contribution in [-0.2, 0) is 11.0 Å². The molecule has 0 spiro atoms. The van der Waals surface area contributed by atoms with E-state index in [9.17, 15) is 0 Å². The van der Waals surface area contributed by atoms with Crippen LogP contribution in [0.1, 0.15) is 46.6 Å². The van der Waals surface area contributed by atoms with Crippen molar-refractivity contribution in [2.45, 2.75) is 64.8 Å². The molecule has 0 atom stereocenters. The van der Waals surface area contributed by atoms with Gasteiger partial charge in [0.2, 0.25) is 8.32 Å². The van der Waals surface area contributed by atoms with Gasteiger partial charge in [0.15, 0.2) is 0 Å². The van der Waals surface area contributed by atoms with Gasteiger partial charge in [0.25, 0.3) is 0 Å². The van der Waals surface area contributed by atoms with Gasteiger partial charge in [-0.05, 0) is 32.6 Å². The number of hydrogen-bond donors (Lipinski definition) is 0. The van der Waals surface area contributed by atoms with Crippen LogP contribution in [0.25, 0.3) is 0 Å². The second kappa shape index (κ2) is 6.64. The van der Waals surface area contributed by atoms with E-state index >= 15 is 0 Å². The standard InChI is InChI=1S/C13H24BrNOSSi/c1-9(2)18(10(3)4,11(5)6)16-7-13-15-12(14)8-17-13/h8-11H,7H2,1-6H3. The minimum absolute atomic E-state index is 0.626. The fourth-order valence-electron chi connectivity index (χ4n) is 3.04. The molecule has 1 rings (SSSR count). The number of rotatable bonds is 6. The van der Waals surface area contributed by atoms with Crippen LogP contribution in [0.3, 0.4) is 0 Å². The largest absolute Gasteiger partial charge is 0.409 e. The molecule has 0 fully saturated rings. The average Bonchev–Trinajstić information content (AvgIpc) is 2.63. The minimum Gasteiger partial charge on any atom is -0.409 e. The lowest BCUT2D eigenvalue weighted by Crippen LogP contribution is -2.47. The van der Waals surface area contributed by atoms with Gasteiger partial charge in [0.05, 0.1) is 6.61 Å². The molecule has 104 valence electrons. The van der Waals surface area contributed by atoms with Crippen molar-refractivity contribution < 1.29 is 4.43 Å². The summed E-state index contributed by atoms with van der Waals surface area (Å²) in [6.07, 6.45) is 0. The van der Waals surface area contributed by atoms with Crippen LogP contribution in [0.2, 0.25) is 16.6 Å². The Balaban J connectivity index is 2.85. The molecule has 0 unspecified atom stereocenters. The molecule has 1 aromatic heterocycles. The SMILES string of the molecule is CC(C)[Si](OCc1nc(Br)cs1)(C(C)C)C(C)C. The maximum atomic E-state index is 6.48. The maximum Gasteiger partial charge on any atom is 0.200 e. The van der Waals surface area contributed by atoms with E-state index in [1.54, 1.807) is 11.3 Å². The first-order valence-electron chi connectivity index (χ1n) is 6.54. The summed E-state index contributed by atoms with van der Waals surface area (Å²) >= 11 is 5.06. The second-order valence-electron chi connectivity index (χ2n) is 5.67. The Morgan fingerprint density at radius 3 is 2.00 bits per heavy atom. The summed E-state index contributed by atoms with van der Waals surface area (Å²) in [5.74, 6) is 0. The highest BCUT2D eigenvalue weighted by Gasteiger charge is 2.45. The summed E-state index contributed by atoms with van der Waals surface area (Å²) in [4.78, 5) is 4.42. The maximum absolute atomic E-state index is 6.48. The second-order valence-corrected chi connectivity index (χ2v) is 12.9. The molecular formula is C13H24BrNOSSi. The van der Waals surface area contributed by atoms with Gasteiger partial charge < -0.3 is 4.43 Å². The molecule has 0 amide bonds. The summed E-state index contributed by atoms with van der Waals surface area (Å²) < 4.78 is 7.39. The number of thiazole rings is 1. The molecule has 2 nitrogen and oxygen atoms in total. The van der Waals surface area contributed by atoms with Gasteiger partial charge in [-0.15, -0.1) is 11.3 Å². The number of aromatic nitrogens is 1. The fraction of sp³-hybridized carbons (Fsp3) is 0.769. The van der Waals surface area contributed by atoms with E-state index < -0.39 is 8.32 Å². The molecule has 0 saturated carbocycles. The molecule has 0 saturated heterocycles. The average molecular weight is 350 g/mol. The number of hydrogen-bond acceptors (Lipinski definition) is 3. The molecular weight excluding hydrogens is 326 g/mol. The molecule has 0 N–H and O–H groups in total. The van der Waals surface area contributed by atoms with E-state index in [0.717, 1.165) is 9.61 Å². The Kier molecular flexibility index (Phi) is 6.02. The van der Waals surface area contributed by atoms with Gasteiger partial charge in [-0.3, -0.25) is 0 Å². The molecule has 0 bridgehead atoms. The van der Waals surface area contributed by atoms with Crippen molar-refractivity contribution in [1.29, 1.82) is 0 Å². The summed E-state index contributed by atoms with van der Waals surface area (Å²) in [6, 6.07) is 0. The molecule has 0 aliphatic rings. The first-order chi connectivity index (χ1) is 8.30. The third kappa shape index (κ3) is 3.44. The smallest absolute Gasteiger partial charge is 0.200 e. The van der Waals surface area contributed by atoms with Crippen molar-refractivity contribution in [1.82, 2.24) is 4.98 Å². The van der Waals surface area contributed by atoms with Crippen molar-refractivity contribution in [2.75, 3.05) is 0 Å². The van der Waals surface area contributed by atoms with Gasteiger partial charge in [0.1, 0.15) is 9.61 Å². The first kappa shape index (κ1) is 16.3. The first-order valence-corrected chi connectivity index (χ1v) is 10.4. The van der Waals surface area contributed by atoms with Crippen LogP contribution >= 0.6 is 27.3 Å². The van der Waals surface area contributed by atoms with E-state index in [2.05, 4.69) is 62.5 Å². The molecule has 0 aromatic carbocycles. The zero-order valence-electron chi connectivity index (χ0n) is 12.2. The van der Waals surface area contributed by atoms with Crippen LogP contribution in [0, 0.1) is 0 Å². The van der Waals surface area contributed by atoms with Gasteiger partial charge in [-0.2, -0.15) is 0 Å². The summed E-state index contributed by atoms with van der Waals surface area (Å²) in [5, 5.41) is 3.09. The quantitative estimate of drug-likeness (QED) is 0.623. The van der Waals surface area contributed by atoms with Gasteiger partial charge in [-0.25, -0.2) is 4.98 Å². The van der Waals surface area contributed by atoms with Gasteiger partial charge in [0, 0.05) is 5.38 Å². The van der Waals surface area contributed by atoms with E-state index in [-0.39, 0.29) is 0 Å². The van der Waals surface area contributed by atoms with Crippen LogP contribution < -0.4 is 0 Å². The highest BCUT2D eigenvalue weighted by molar-refractivity contribution is 9.10. The van der Waals surface area contributed by atoms with Crippen LogP contribution in [-0.4, -0.2) is 13.3 Å². The summed E-state index contributed by atoms with van der Waals surface area (Å²) in [5.41, 5.74) is 1.88. The van der Waals surface area contributed by atoms with Crippen LogP contribution in [0.4, 0.5) is 0 Å². The lowest BCUT2D eigenvalue weighted by Gasteiger charge is -2.41. The lowest BCUT2D eigenvalue weighted by atomic mass is 10.5. The zero-order valence-corrected chi connectivity index (χ0v) is 15.6. The van der Waals surface area contributed by atoms with E-state index in [1.807, 2.05) is 5.38 Å². The Bertz CT molecular complexity index is 357. The van der Waals surface area contributed by atoms with Crippen LogP contribution in [0.5, 0.6) is 0 Å². The molecule has 1 aromatic rings. The number of halogens is 1. The highest BCUT2D eigenvalue weighted by atomic mass is 79.9. The number of nitrogens with zero attached hydrogens (tertiary/aromatic N) is 1. The monoisotopic (exact) mass is 349 g/mol. The van der Waals surface area contributed by atoms with Gasteiger partial charge in [-0.1, -0.05) is 41.5 Å². The predicted octanol–water partition coefficient (Wildman–Crippen LogP) is 5.60. The molecule has 1 heterocycles. The van der Waals surface area contributed by atoms with Crippen molar-refractivity contribution in [3.05, 3.63) is 15.0 Å². The van der Waals surface area contributed by atoms with E-state index in [4.69, 9.17) is 4.43 Å². The van der Waals surface area contributed by atoms with Crippen molar-refractivity contribution in [3.8, 4) is 0 Å². The molecule has 0 radical (unpaired) electrons. The Labute approximate surface area is 124 Å². The third-order valence-corrected chi connectivity index (χ3v) is 11.3. The molecule has 0 aliphatic heterocycles. The Hall–Kier alpha value is 0.287. The fourth-order valence-corrected chi connectivity index (χ4v) is 9.71. The predicted molar refractivity (Wildman–Crippen MR) is 85.7 cm³/mol. The molecule has 5 heteroatoms. The van der Waals surface area contributed by atoms with E-state index in [1.165, 1.54) is 0 Å². The van der Waals surface area contributed by atoms with Crippen molar-refractivity contribution in [2.24, 2.45) is 0 Å².